The maximum Gasteiger partial charge on any atom is 0.250 e. The lowest BCUT2D eigenvalue weighted by Gasteiger charge is -2.24. The summed E-state index contributed by atoms with van der Waals surface area (Å²) in [7, 11) is 0. The fraction of sp³-hybridized carbons (Fsp3) is 0.367. The number of nitrogens with zero attached hydrogens (tertiary/aromatic N) is 3. The Morgan fingerprint density at radius 2 is 1.67 bits per heavy atom. The van der Waals surface area contributed by atoms with Gasteiger partial charge in [0.25, 0.3) is 5.91 Å². The van der Waals surface area contributed by atoms with E-state index < -0.39 is 29.4 Å². The van der Waals surface area contributed by atoms with Crippen LogP contribution in [0.15, 0.2) is 73.2 Å². The predicted octanol–water partition coefficient (Wildman–Crippen LogP) is 1.91. The van der Waals surface area contributed by atoms with Crippen LogP contribution in [-0.2, 0) is 37.1 Å². The number of nitrogens with one attached hydrogen (secondary N) is 3. The summed E-state index contributed by atoms with van der Waals surface area (Å²) in [6.45, 7) is 3.66. The number of likely N-dealkylation sites (tertiary alicyclic amines) is 1. The number of imidazole rings is 1. The number of hydrogen-bond acceptors (Lipinski definition) is 7. The van der Waals surface area contributed by atoms with Crippen molar-refractivity contribution in [2.24, 2.45) is 5.73 Å². The Morgan fingerprint density at radius 3 is 2.31 bits per heavy atom. The van der Waals surface area contributed by atoms with E-state index in [1.54, 1.807) is 17.0 Å². The third kappa shape index (κ3) is 11.5. The molecule has 1 aliphatic rings. The number of nitrogens with two attached hydrogens (primary N) is 1. The molecule has 0 spiro atoms. The van der Waals surface area contributed by atoms with Crippen LogP contribution in [0.25, 0.3) is 0 Å². The number of rotatable bonds is 12. The van der Waals surface area contributed by atoms with Gasteiger partial charge in [0.15, 0.2) is 5.82 Å². The van der Waals surface area contributed by atoms with Gasteiger partial charge in [-0.25, -0.2) is 4.98 Å². The third-order valence-electron chi connectivity index (χ3n) is 6.72. The summed E-state index contributed by atoms with van der Waals surface area (Å²) in [4.78, 5) is 57.4. The van der Waals surface area contributed by atoms with Gasteiger partial charge in [0.05, 0.1) is 25.1 Å². The Kier molecular flexibility index (Phi) is 15.7. The number of benzene rings is 2. The number of carbonyl (C=O) groups excluding carboxylic acids is 4. The lowest BCUT2D eigenvalue weighted by molar-refractivity contribution is -0.137. The minimum atomic E-state index is -1.20. The summed E-state index contributed by atoms with van der Waals surface area (Å²) in [5.74, 6) is -1.33. The number of hydrogen-bond donors (Lipinski definition) is 4. The molecular formula is C30H41Cl2N7O6. The molecule has 15 heteroatoms. The summed E-state index contributed by atoms with van der Waals surface area (Å²) in [6, 6.07) is 16.9. The fourth-order valence-electron chi connectivity index (χ4n) is 4.45. The van der Waals surface area contributed by atoms with Crippen molar-refractivity contribution < 1.29 is 29.4 Å². The molecule has 1 aliphatic heterocycles. The van der Waals surface area contributed by atoms with Crippen molar-refractivity contribution in [3.8, 4) is 0 Å². The molecule has 45 heavy (non-hydrogen) atoms. The fourth-order valence-corrected chi connectivity index (χ4v) is 4.45. The molecule has 4 amide bonds. The van der Waals surface area contributed by atoms with Crippen molar-refractivity contribution in [2.75, 3.05) is 23.8 Å². The number of carbonyl (C=O) groups is 4. The molecule has 0 aliphatic carbocycles. The monoisotopic (exact) mass is 665 g/mol. The van der Waals surface area contributed by atoms with Gasteiger partial charge in [0.1, 0.15) is 18.6 Å². The maximum absolute atomic E-state index is 13.1. The standard InChI is InChI=1S/C30H37N7O5.2ClH.H2O/c1-30(2,31)29(41)34-23(19-42-18-21-10-5-3-6-11-21)27(39)35-25-16-36(20-32-25)17-26(38)37-15-9-14-24(37)28(40)33-22-12-7-4-8-13-22;;;/h3-8,10-13,16,20,23-24H,9,14-15,17-19,31H2,1-2H3,(H,33,40)(H,34,41)(H,35,39);2*1H;1H2/t23-,24+;;;/m1.../s1. The molecule has 3 aromatic rings. The topological polar surface area (TPSA) is 192 Å². The van der Waals surface area contributed by atoms with Crippen molar-refractivity contribution in [1.29, 1.82) is 0 Å². The first kappa shape index (κ1) is 39.0. The first-order valence-corrected chi connectivity index (χ1v) is 13.8. The van der Waals surface area contributed by atoms with Gasteiger partial charge in [-0.2, -0.15) is 0 Å². The first-order chi connectivity index (χ1) is 20.1. The molecule has 0 saturated carbocycles. The predicted molar refractivity (Wildman–Crippen MR) is 175 cm³/mol. The van der Waals surface area contributed by atoms with E-state index in [1.807, 2.05) is 48.5 Å². The van der Waals surface area contributed by atoms with Crippen molar-refractivity contribution in [1.82, 2.24) is 19.8 Å². The maximum atomic E-state index is 13.1. The van der Waals surface area contributed by atoms with Crippen LogP contribution < -0.4 is 21.7 Å². The summed E-state index contributed by atoms with van der Waals surface area (Å²) in [5, 5.41) is 8.18. The van der Waals surface area contributed by atoms with Gasteiger partial charge in [0.2, 0.25) is 17.7 Å². The van der Waals surface area contributed by atoms with Gasteiger partial charge in [-0.05, 0) is 44.4 Å². The highest BCUT2D eigenvalue weighted by Gasteiger charge is 2.34. The average Bonchev–Trinajstić information content (AvgIpc) is 3.63. The van der Waals surface area contributed by atoms with E-state index in [0.29, 0.717) is 18.7 Å². The van der Waals surface area contributed by atoms with Gasteiger partial charge in [-0.3, -0.25) is 19.2 Å². The molecule has 0 bridgehead atoms. The smallest absolute Gasteiger partial charge is 0.250 e. The van der Waals surface area contributed by atoms with Crippen LogP contribution in [0.1, 0.15) is 32.3 Å². The van der Waals surface area contributed by atoms with Gasteiger partial charge >= 0.3 is 0 Å². The zero-order valence-corrected chi connectivity index (χ0v) is 26.7. The number of halogens is 2. The summed E-state index contributed by atoms with van der Waals surface area (Å²) < 4.78 is 7.24. The number of amides is 4. The minimum Gasteiger partial charge on any atom is -0.412 e. The van der Waals surface area contributed by atoms with Gasteiger partial charge in [-0.15, -0.1) is 24.8 Å². The highest BCUT2D eigenvalue weighted by atomic mass is 35.5. The van der Waals surface area contributed by atoms with E-state index in [-0.39, 0.29) is 67.7 Å². The van der Waals surface area contributed by atoms with Crippen LogP contribution in [0, 0.1) is 0 Å². The Morgan fingerprint density at radius 1 is 1.02 bits per heavy atom. The number of ether oxygens (including phenoxy) is 1. The zero-order chi connectivity index (χ0) is 30.1. The molecule has 1 saturated heterocycles. The first-order valence-electron chi connectivity index (χ1n) is 13.8. The van der Waals surface area contributed by atoms with E-state index in [2.05, 4.69) is 20.9 Å². The molecule has 1 fully saturated rings. The average molecular weight is 667 g/mol. The molecule has 7 N–H and O–H groups in total. The molecular weight excluding hydrogens is 625 g/mol. The normalized spacial score (nSPS) is 14.6. The zero-order valence-electron chi connectivity index (χ0n) is 25.1. The van der Waals surface area contributed by atoms with E-state index >= 15 is 0 Å². The van der Waals surface area contributed by atoms with Gasteiger partial charge < -0.3 is 41.4 Å². The highest BCUT2D eigenvalue weighted by Crippen LogP contribution is 2.20. The molecule has 2 aromatic carbocycles. The van der Waals surface area contributed by atoms with E-state index in [1.165, 1.54) is 30.9 Å². The van der Waals surface area contributed by atoms with Gasteiger partial charge in [-0.1, -0.05) is 48.5 Å². The van der Waals surface area contributed by atoms with E-state index in [4.69, 9.17) is 10.5 Å². The minimum absolute atomic E-state index is 0. The van der Waals surface area contributed by atoms with Gasteiger partial charge in [0, 0.05) is 18.4 Å². The molecule has 0 unspecified atom stereocenters. The molecule has 0 radical (unpaired) electrons. The Hall–Kier alpha value is -4.01. The Balaban J connectivity index is 0.00000337. The van der Waals surface area contributed by atoms with Crippen LogP contribution in [0.2, 0.25) is 0 Å². The van der Waals surface area contributed by atoms with E-state index in [0.717, 1.165) is 12.0 Å². The second-order valence-electron chi connectivity index (χ2n) is 10.8. The van der Waals surface area contributed by atoms with Crippen LogP contribution in [0.5, 0.6) is 0 Å². The summed E-state index contributed by atoms with van der Waals surface area (Å²) >= 11 is 0. The molecule has 2 heterocycles. The number of anilines is 2. The third-order valence-corrected chi connectivity index (χ3v) is 6.72. The lowest BCUT2D eigenvalue weighted by Crippen LogP contribution is -2.56. The highest BCUT2D eigenvalue weighted by molar-refractivity contribution is 5.98. The SMILES string of the molecule is CC(C)(N)C(=O)N[C@H](COCc1ccccc1)C(=O)Nc1cn(CC(=O)N2CCC[C@H]2C(=O)Nc2ccccc2)cn1.Cl.Cl.O. The molecule has 1 aromatic heterocycles. The van der Waals surface area contributed by atoms with E-state index in [9.17, 15) is 19.2 Å². The molecule has 4 rings (SSSR count). The molecule has 13 nitrogen and oxygen atoms in total. The van der Waals surface area contributed by atoms with Crippen molar-refractivity contribution in [3.05, 3.63) is 78.8 Å². The van der Waals surface area contributed by atoms with Crippen LogP contribution >= 0.6 is 24.8 Å². The molecule has 246 valence electrons. The summed E-state index contributed by atoms with van der Waals surface area (Å²) in [5.41, 5.74) is 6.30. The number of aromatic nitrogens is 2. The van der Waals surface area contributed by atoms with Crippen LogP contribution in [0.4, 0.5) is 11.5 Å². The largest absolute Gasteiger partial charge is 0.412 e. The lowest BCUT2D eigenvalue weighted by atomic mass is 10.1. The van der Waals surface area contributed by atoms with Crippen LogP contribution in [0.3, 0.4) is 0 Å². The van der Waals surface area contributed by atoms with Crippen molar-refractivity contribution in [3.63, 3.8) is 0 Å². The quantitative estimate of drug-likeness (QED) is 0.227. The number of para-hydroxylation sites is 1. The Bertz CT molecular complexity index is 1390. The Labute approximate surface area is 274 Å². The van der Waals surface area contributed by atoms with Crippen molar-refractivity contribution >= 4 is 59.9 Å². The van der Waals surface area contributed by atoms with Crippen LogP contribution in [-0.4, -0.2) is 74.3 Å². The summed E-state index contributed by atoms with van der Waals surface area (Å²) in [6.07, 6.45) is 4.24. The second kappa shape index (κ2) is 18.1. The second-order valence-corrected chi connectivity index (χ2v) is 10.8. The van der Waals surface area contributed by atoms with Crippen molar-refractivity contribution in [2.45, 2.75) is 57.5 Å². The molecule has 2 atom stereocenters.